The Morgan fingerprint density at radius 2 is 2.03 bits per heavy atom. The molecule has 0 atom stereocenters. The van der Waals surface area contributed by atoms with Crippen molar-refractivity contribution < 1.29 is 14.6 Å². The van der Waals surface area contributed by atoms with Crippen molar-refractivity contribution in [3.63, 3.8) is 0 Å². The predicted octanol–water partition coefficient (Wildman–Crippen LogP) is 5.09. The number of nitrogens with one attached hydrogen (secondary N) is 1. The Morgan fingerprint density at radius 1 is 1.28 bits per heavy atom. The molecule has 4 rings (SSSR count). The molecule has 6 nitrogen and oxygen atoms in total. The number of carbonyl (C=O) groups is 1. The average Bonchev–Trinajstić information content (AvgIpc) is 2.78. The van der Waals surface area contributed by atoms with E-state index in [9.17, 15) is 9.90 Å². The molecule has 32 heavy (non-hydrogen) atoms. The molecule has 2 N–H and O–H groups in total. The Balaban J connectivity index is 1.52. The third kappa shape index (κ3) is 4.71. The van der Waals surface area contributed by atoms with Gasteiger partial charge >= 0.3 is 0 Å². The molecular formula is C25H32ClN3O3. The Kier molecular flexibility index (Phi) is 6.63. The number of rotatable bonds is 4. The number of fused-ring (bicyclic) bond motifs is 1. The topological polar surface area (TPSA) is 74.7 Å². The summed E-state index contributed by atoms with van der Waals surface area (Å²) in [6, 6.07) is 7.49. The average molecular weight is 458 g/mol. The number of benzene rings is 1. The number of ether oxygens (including phenoxy) is 1. The fraction of sp³-hybridized carbons (Fsp3) is 0.520. The molecule has 2 aromatic rings. The van der Waals surface area contributed by atoms with Crippen LogP contribution in [-0.4, -0.2) is 35.2 Å². The quantitative estimate of drug-likeness (QED) is 0.668. The van der Waals surface area contributed by atoms with Gasteiger partial charge in [0.2, 0.25) is 0 Å². The van der Waals surface area contributed by atoms with Gasteiger partial charge in [-0.3, -0.25) is 4.79 Å². The van der Waals surface area contributed by atoms with Crippen molar-refractivity contribution in [3.05, 3.63) is 46.6 Å². The van der Waals surface area contributed by atoms with Gasteiger partial charge in [-0.1, -0.05) is 38.4 Å². The lowest BCUT2D eigenvalue weighted by molar-refractivity contribution is 0.0900. The first-order valence-corrected chi connectivity index (χ1v) is 11.7. The van der Waals surface area contributed by atoms with Crippen LogP contribution >= 0.6 is 11.6 Å². The molecule has 7 heteroatoms. The molecule has 1 aliphatic carbocycles. The number of hydrogen-bond donors (Lipinski definition) is 2. The number of halogens is 1. The zero-order valence-corrected chi connectivity index (χ0v) is 19.8. The number of nitrogens with zero attached hydrogens (tertiary/aromatic N) is 2. The second-order valence-electron chi connectivity index (χ2n) is 9.85. The lowest BCUT2D eigenvalue weighted by atomic mass is 9.71. The van der Waals surface area contributed by atoms with Crippen LogP contribution in [0.15, 0.2) is 30.5 Å². The number of amides is 1. The van der Waals surface area contributed by atoms with Crippen molar-refractivity contribution in [2.75, 3.05) is 18.1 Å². The van der Waals surface area contributed by atoms with Crippen LogP contribution < -0.4 is 15.0 Å². The Bertz CT molecular complexity index is 981. The Labute approximate surface area is 194 Å². The van der Waals surface area contributed by atoms with E-state index in [1.807, 2.05) is 23.1 Å². The highest BCUT2D eigenvalue weighted by Crippen LogP contribution is 2.41. The molecule has 1 aromatic carbocycles. The normalized spacial score (nSPS) is 21.0. The lowest BCUT2D eigenvalue weighted by Gasteiger charge is -2.37. The van der Waals surface area contributed by atoms with Gasteiger partial charge < -0.3 is 20.1 Å². The first-order valence-electron chi connectivity index (χ1n) is 11.4. The van der Waals surface area contributed by atoms with Gasteiger partial charge in [-0.15, -0.1) is 0 Å². The summed E-state index contributed by atoms with van der Waals surface area (Å²) in [4.78, 5) is 19.6. The second-order valence-corrected chi connectivity index (χ2v) is 10.3. The fourth-order valence-electron chi connectivity index (χ4n) is 4.77. The number of aliphatic hydroxyl groups is 1. The van der Waals surface area contributed by atoms with Crippen molar-refractivity contribution >= 4 is 29.0 Å². The van der Waals surface area contributed by atoms with Gasteiger partial charge in [0, 0.05) is 12.2 Å². The van der Waals surface area contributed by atoms with E-state index >= 15 is 0 Å². The minimum absolute atomic E-state index is 0.0995. The zero-order chi connectivity index (χ0) is 22.9. The van der Waals surface area contributed by atoms with Crippen molar-refractivity contribution in [1.82, 2.24) is 10.3 Å². The molecule has 0 saturated heterocycles. The molecule has 1 fully saturated rings. The third-order valence-electron chi connectivity index (χ3n) is 6.69. The molecule has 0 spiro atoms. The van der Waals surface area contributed by atoms with Crippen molar-refractivity contribution in [1.29, 1.82) is 0 Å². The van der Waals surface area contributed by atoms with E-state index in [1.165, 1.54) is 0 Å². The number of para-hydroxylation sites is 1. The van der Waals surface area contributed by atoms with Gasteiger partial charge in [0.05, 0.1) is 29.4 Å². The highest BCUT2D eigenvalue weighted by atomic mass is 35.5. The molecule has 0 radical (unpaired) electrons. The number of pyridine rings is 1. The lowest BCUT2D eigenvalue weighted by Crippen LogP contribution is -2.40. The predicted molar refractivity (Wildman–Crippen MR) is 127 cm³/mol. The summed E-state index contributed by atoms with van der Waals surface area (Å²) in [6.07, 6.45) is 5.90. The van der Waals surface area contributed by atoms with Gasteiger partial charge in [0.1, 0.15) is 6.61 Å². The maximum atomic E-state index is 13.2. The molecular weight excluding hydrogens is 426 g/mol. The summed E-state index contributed by atoms with van der Waals surface area (Å²) >= 11 is 6.45. The minimum Gasteiger partial charge on any atom is -0.489 e. The zero-order valence-electron chi connectivity index (χ0n) is 19.0. The maximum absolute atomic E-state index is 13.2. The van der Waals surface area contributed by atoms with Gasteiger partial charge in [-0.25, -0.2) is 4.98 Å². The molecule has 1 aromatic heterocycles. The van der Waals surface area contributed by atoms with Crippen LogP contribution in [0.5, 0.6) is 5.75 Å². The summed E-state index contributed by atoms with van der Waals surface area (Å²) in [5.41, 5.74) is 2.27. The first-order chi connectivity index (χ1) is 15.3. The third-order valence-corrected chi connectivity index (χ3v) is 6.97. The van der Waals surface area contributed by atoms with E-state index in [0.29, 0.717) is 52.2 Å². The van der Waals surface area contributed by atoms with E-state index in [0.717, 1.165) is 31.4 Å². The number of hydrogen-bond acceptors (Lipinski definition) is 5. The molecule has 1 amide bonds. The molecule has 172 valence electrons. The molecule has 1 saturated carbocycles. The van der Waals surface area contributed by atoms with Gasteiger partial charge in [0.15, 0.2) is 11.6 Å². The van der Waals surface area contributed by atoms with Crippen LogP contribution in [0.25, 0.3) is 0 Å². The second kappa shape index (κ2) is 9.28. The van der Waals surface area contributed by atoms with Crippen LogP contribution in [0.1, 0.15) is 62.4 Å². The summed E-state index contributed by atoms with van der Waals surface area (Å²) in [5, 5.41) is 13.0. The van der Waals surface area contributed by atoms with Crippen molar-refractivity contribution in [2.45, 2.75) is 59.1 Å². The Hall–Kier alpha value is -2.31. The summed E-state index contributed by atoms with van der Waals surface area (Å²) in [5.74, 6) is 1.75. The molecule has 2 aliphatic rings. The first kappa shape index (κ1) is 22.9. The monoisotopic (exact) mass is 457 g/mol. The van der Waals surface area contributed by atoms with Gasteiger partial charge in [0.25, 0.3) is 5.91 Å². The van der Waals surface area contributed by atoms with Crippen LogP contribution in [0, 0.1) is 11.3 Å². The highest BCUT2D eigenvalue weighted by Gasteiger charge is 2.32. The molecule has 2 heterocycles. The maximum Gasteiger partial charge on any atom is 0.255 e. The van der Waals surface area contributed by atoms with E-state index in [1.54, 1.807) is 12.3 Å². The molecule has 0 bridgehead atoms. The van der Waals surface area contributed by atoms with Crippen molar-refractivity contribution in [3.8, 4) is 5.75 Å². The number of carbonyl (C=O) groups excluding carboxylic acids is 1. The van der Waals surface area contributed by atoms with Crippen LogP contribution in [0.4, 0.5) is 11.5 Å². The number of aromatic nitrogens is 1. The minimum atomic E-state index is -0.116. The summed E-state index contributed by atoms with van der Waals surface area (Å²) in [7, 11) is 0. The largest absolute Gasteiger partial charge is 0.489 e. The number of aliphatic hydroxyl groups excluding tert-OH is 1. The van der Waals surface area contributed by atoms with E-state index in [-0.39, 0.29) is 18.6 Å². The molecule has 0 unspecified atom stereocenters. The standard InChI is InChI=1S/C25H32ClN3O3/c1-25(2,3)17-7-9-18(10-8-17)28-24(31)19-5-4-6-21-22(19)32-12-11-29(21)23-20(26)13-16(15-30)14-27-23/h4-6,13-14,17-18,30H,7-12,15H2,1-3H3,(H,28,31). The van der Waals surface area contributed by atoms with E-state index in [4.69, 9.17) is 16.3 Å². The van der Waals surface area contributed by atoms with Crippen LogP contribution in [-0.2, 0) is 6.61 Å². The van der Waals surface area contributed by atoms with Gasteiger partial charge in [-0.2, -0.15) is 0 Å². The van der Waals surface area contributed by atoms with Crippen LogP contribution in [0.3, 0.4) is 0 Å². The van der Waals surface area contributed by atoms with Gasteiger partial charge in [-0.05, 0) is 60.8 Å². The van der Waals surface area contributed by atoms with Crippen molar-refractivity contribution in [2.24, 2.45) is 11.3 Å². The number of anilines is 2. The molecule has 1 aliphatic heterocycles. The SMILES string of the molecule is CC(C)(C)C1CCC(NC(=O)c2cccc3c2OCCN3c2ncc(CO)cc2Cl)CC1. The van der Waals surface area contributed by atoms with Crippen LogP contribution in [0.2, 0.25) is 5.02 Å². The van der Waals surface area contributed by atoms with E-state index < -0.39 is 0 Å². The summed E-state index contributed by atoms with van der Waals surface area (Å²) in [6.45, 7) is 7.78. The van der Waals surface area contributed by atoms with E-state index in [2.05, 4.69) is 31.1 Å². The highest BCUT2D eigenvalue weighted by molar-refractivity contribution is 6.33. The summed E-state index contributed by atoms with van der Waals surface area (Å²) < 4.78 is 5.95. The Morgan fingerprint density at radius 3 is 2.69 bits per heavy atom. The fourth-order valence-corrected chi connectivity index (χ4v) is 5.06. The smallest absolute Gasteiger partial charge is 0.255 e.